The molecule has 1 saturated heterocycles. The molecule has 1 aliphatic rings. The lowest BCUT2D eigenvalue weighted by atomic mass is 9.97. The lowest BCUT2D eigenvalue weighted by Crippen LogP contribution is -2.45. The molecule has 0 unspecified atom stereocenters. The zero-order chi connectivity index (χ0) is 37.4. The van der Waals surface area contributed by atoms with E-state index in [2.05, 4.69) is 16.8 Å². The Bertz CT molecular complexity index is 2030. The summed E-state index contributed by atoms with van der Waals surface area (Å²) in [5, 5.41) is 3.89. The number of sulfonamides is 1. The lowest BCUT2D eigenvalue weighted by molar-refractivity contribution is -0.134. The van der Waals surface area contributed by atoms with E-state index in [4.69, 9.17) is 19.0 Å². The van der Waals surface area contributed by atoms with Crippen molar-refractivity contribution in [2.24, 2.45) is 0 Å². The topological polar surface area (TPSA) is 146 Å². The zero-order valence-electron chi connectivity index (χ0n) is 31.2. The SMILES string of the molecule is CCCCc1nc(C)c(CC(=O)N(CC)C2CCOCC2)c(=O)n1Cc1ccc(-c2ccccc2S(=O)(=O)Nc2noc(C)c2C)c(COCC)c1. The van der Waals surface area contributed by atoms with Gasteiger partial charge in [0.1, 0.15) is 11.6 Å². The third-order valence-electron chi connectivity index (χ3n) is 9.75. The van der Waals surface area contributed by atoms with Gasteiger partial charge in [0.15, 0.2) is 5.82 Å². The average Bonchev–Trinajstić information content (AvgIpc) is 3.45. The molecule has 5 rings (SSSR count). The Kier molecular flexibility index (Phi) is 13.1. The molecule has 3 heterocycles. The van der Waals surface area contributed by atoms with E-state index in [1.165, 1.54) is 0 Å². The van der Waals surface area contributed by atoms with E-state index >= 15 is 0 Å². The molecule has 1 fully saturated rings. The van der Waals surface area contributed by atoms with Gasteiger partial charge in [0.2, 0.25) is 5.91 Å². The number of ether oxygens (including phenoxy) is 2. The molecule has 0 aliphatic carbocycles. The van der Waals surface area contributed by atoms with E-state index in [-0.39, 0.29) is 47.8 Å². The Morgan fingerprint density at radius 1 is 1.06 bits per heavy atom. The molecule has 2 aromatic heterocycles. The van der Waals surface area contributed by atoms with Crippen molar-refractivity contribution < 1.29 is 27.2 Å². The number of unbranched alkanes of at least 4 members (excludes halogenated alkanes) is 1. The van der Waals surface area contributed by atoms with Crippen molar-refractivity contribution in [3.8, 4) is 11.1 Å². The molecule has 13 heteroatoms. The highest BCUT2D eigenvalue weighted by Crippen LogP contribution is 2.33. The van der Waals surface area contributed by atoms with Crippen LogP contribution >= 0.6 is 0 Å². The molecular weight excluding hydrogens is 683 g/mol. The van der Waals surface area contributed by atoms with Crippen LogP contribution in [0.2, 0.25) is 0 Å². The zero-order valence-corrected chi connectivity index (χ0v) is 32.0. The summed E-state index contributed by atoms with van der Waals surface area (Å²) < 4.78 is 48.3. The number of carbonyl (C=O) groups is 1. The first-order valence-corrected chi connectivity index (χ1v) is 19.7. The highest BCUT2D eigenvalue weighted by atomic mass is 32.2. The third kappa shape index (κ3) is 8.82. The van der Waals surface area contributed by atoms with Crippen LogP contribution < -0.4 is 10.3 Å². The van der Waals surface area contributed by atoms with Gasteiger partial charge in [0, 0.05) is 61.2 Å². The van der Waals surface area contributed by atoms with E-state index in [0.29, 0.717) is 72.3 Å². The first-order valence-electron chi connectivity index (χ1n) is 18.2. The van der Waals surface area contributed by atoms with Gasteiger partial charge in [-0.25, -0.2) is 13.4 Å². The van der Waals surface area contributed by atoms with Crippen LogP contribution in [-0.4, -0.2) is 66.3 Å². The summed E-state index contributed by atoms with van der Waals surface area (Å²) in [5.74, 6) is 1.26. The molecule has 4 aromatic rings. The lowest BCUT2D eigenvalue weighted by Gasteiger charge is -2.33. The van der Waals surface area contributed by atoms with Crippen LogP contribution in [0.1, 0.15) is 86.0 Å². The van der Waals surface area contributed by atoms with E-state index < -0.39 is 10.0 Å². The highest BCUT2D eigenvalue weighted by Gasteiger charge is 2.27. The van der Waals surface area contributed by atoms with Crippen LogP contribution in [0.15, 0.2) is 56.7 Å². The minimum atomic E-state index is -4.06. The number of likely N-dealkylation sites (N-methyl/N-ethyl adjacent to an activating group) is 1. The highest BCUT2D eigenvalue weighted by molar-refractivity contribution is 7.92. The molecule has 12 nitrogen and oxygen atoms in total. The summed E-state index contributed by atoms with van der Waals surface area (Å²) in [7, 11) is -4.06. The average molecular weight is 734 g/mol. The predicted molar refractivity (Wildman–Crippen MR) is 200 cm³/mol. The summed E-state index contributed by atoms with van der Waals surface area (Å²) in [6.45, 7) is 14.0. The van der Waals surface area contributed by atoms with E-state index in [9.17, 15) is 18.0 Å². The number of hydrogen-bond acceptors (Lipinski definition) is 9. The van der Waals surface area contributed by atoms with Crippen molar-refractivity contribution in [2.75, 3.05) is 31.1 Å². The fourth-order valence-electron chi connectivity index (χ4n) is 6.68. The van der Waals surface area contributed by atoms with E-state index in [1.54, 1.807) is 42.7 Å². The molecule has 280 valence electrons. The first kappa shape index (κ1) is 38.9. The van der Waals surface area contributed by atoms with Gasteiger partial charge in [-0.2, -0.15) is 0 Å². The molecule has 0 bridgehead atoms. The second kappa shape index (κ2) is 17.5. The molecular formula is C39H51N5O7S. The number of benzene rings is 2. The molecule has 0 radical (unpaired) electrons. The van der Waals surface area contributed by atoms with Crippen LogP contribution in [-0.2, 0) is 50.3 Å². The number of anilines is 1. The van der Waals surface area contributed by atoms with Crippen molar-refractivity contribution in [1.82, 2.24) is 19.6 Å². The number of rotatable bonds is 16. The third-order valence-corrected chi connectivity index (χ3v) is 11.1. The number of aromatic nitrogens is 3. The van der Waals surface area contributed by atoms with Crippen LogP contribution in [0.4, 0.5) is 5.82 Å². The predicted octanol–water partition coefficient (Wildman–Crippen LogP) is 6.12. The fourth-order valence-corrected chi connectivity index (χ4v) is 7.96. The molecule has 1 amide bonds. The van der Waals surface area contributed by atoms with Crippen LogP contribution in [0.5, 0.6) is 0 Å². The summed E-state index contributed by atoms with van der Waals surface area (Å²) >= 11 is 0. The molecule has 0 spiro atoms. The summed E-state index contributed by atoms with van der Waals surface area (Å²) in [5.41, 5.74) is 4.16. The number of carbonyl (C=O) groups excluding carboxylic acids is 1. The second-order valence-electron chi connectivity index (χ2n) is 13.2. The van der Waals surface area contributed by atoms with Crippen molar-refractivity contribution in [1.29, 1.82) is 0 Å². The second-order valence-corrected chi connectivity index (χ2v) is 14.9. The fraction of sp³-hybridized carbons (Fsp3) is 0.487. The Balaban J connectivity index is 1.52. The molecule has 1 aliphatic heterocycles. The maximum absolute atomic E-state index is 14.3. The van der Waals surface area contributed by atoms with Gasteiger partial charge in [-0.05, 0) is 76.6 Å². The minimum absolute atomic E-state index is 0.0157. The number of nitrogens with one attached hydrogen (secondary N) is 1. The molecule has 2 aromatic carbocycles. The molecule has 0 saturated carbocycles. The van der Waals surface area contributed by atoms with Gasteiger partial charge < -0.3 is 18.9 Å². The summed E-state index contributed by atoms with van der Waals surface area (Å²) in [4.78, 5) is 34.8. The Hall–Kier alpha value is -4.33. The van der Waals surface area contributed by atoms with E-state index in [0.717, 1.165) is 36.8 Å². The maximum Gasteiger partial charge on any atom is 0.263 e. The minimum Gasteiger partial charge on any atom is -0.381 e. The smallest absolute Gasteiger partial charge is 0.263 e. The molecule has 0 atom stereocenters. The number of hydrogen-bond donors (Lipinski definition) is 1. The van der Waals surface area contributed by atoms with Gasteiger partial charge >= 0.3 is 0 Å². The molecule has 1 N–H and O–H groups in total. The number of nitrogens with zero attached hydrogens (tertiary/aromatic N) is 4. The normalized spacial score (nSPS) is 13.7. The summed E-state index contributed by atoms with van der Waals surface area (Å²) in [6, 6.07) is 12.6. The number of amides is 1. The Morgan fingerprint density at radius 2 is 1.81 bits per heavy atom. The Morgan fingerprint density at radius 3 is 2.48 bits per heavy atom. The first-order chi connectivity index (χ1) is 25.0. The summed E-state index contributed by atoms with van der Waals surface area (Å²) in [6.07, 6.45) is 3.97. The van der Waals surface area contributed by atoms with Crippen molar-refractivity contribution >= 4 is 21.7 Å². The van der Waals surface area contributed by atoms with Gasteiger partial charge in [-0.15, -0.1) is 0 Å². The molecule has 52 heavy (non-hydrogen) atoms. The Labute approximate surface area is 306 Å². The van der Waals surface area contributed by atoms with Crippen molar-refractivity contribution in [2.45, 2.75) is 104 Å². The van der Waals surface area contributed by atoms with Crippen LogP contribution in [0, 0.1) is 20.8 Å². The quantitative estimate of drug-likeness (QED) is 0.144. The van der Waals surface area contributed by atoms with Crippen molar-refractivity contribution in [3.63, 3.8) is 0 Å². The van der Waals surface area contributed by atoms with Gasteiger partial charge in [0.25, 0.3) is 15.6 Å². The van der Waals surface area contributed by atoms with Gasteiger partial charge in [0.05, 0.1) is 24.5 Å². The van der Waals surface area contributed by atoms with Crippen LogP contribution in [0.25, 0.3) is 11.1 Å². The maximum atomic E-state index is 14.3. The standard InChI is InChI=1S/C39H51N5O7S/c1-7-10-15-36-40-27(5)34(23-37(45)43(8-2)31-18-20-50-21-19-31)39(46)44(36)24-29-16-17-32(30(22-29)25-49-9-3)33-13-11-12-14-35(33)52(47,48)42-38-26(4)28(6)51-41-38/h11-14,16-17,22,31H,7-10,15,18-21,23-25H2,1-6H3,(H,41,42). The monoisotopic (exact) mass is 733 g/mol. The van der Waals surface area contributed by atoms with Crippen LogP contribution in [0.3, 0.4) is 0 Å². The largest absolute Gasteiger partial charge is 0.381 e. The van der Waals surface area contributed by atoms with Gasteiger partial charge in [-0.3, -0.25) is 18.9 Å². The van der Waals surface area contributed by atoms with E-state index in [1.807, 2.05) is 43.9 Å². The number of aryl methyl sites for hydroxylation is 3. The van der Waals surface area contributed by atoms with Crippen molar-refractivity contribution in [3.05, 3.63) is 92.4 Å². The van der Waals surface area contributed by atoms with Gasteiger partial charge in [-0.1, -0.05) is 54.9 Å².